The number of hydrogen-bond donors (Lipinski definition) is 1. The number of nitrogens with one attached hydrogen (secondary N) is 1. The topological polar surface area (TPSA) is 84.4 Å². The summed E-state index contributed by atoms with van der Waals surface area (Å²) in [6, 6.07) is 7.90. The van der Waals surface area contributed by atoms with Crippen LogP contribution in [0.4, 0.5) is 5.13 Å². The molecule has 1 aliphatic rings. The van der Waals surface area contributed by atoms with Gasteiger partial charge in [-0.3, -0.25) is 9.59 Å². The zero-order valence-electron chi connectivity index (χ0n) is 13.3. The molecular weight excluding hydrogens is 328 g/mol. The highest BCUT2D eigenvalue weighted by Crippen LogP contribution is 2.28. The third kappa shape index (κ3) is 4.08. The molecule has 0 radical (unpaired) electrons. The second-order valence-electron chi connectivity index (χ2n) is 5.62. The quantitative estimate of drug-likeness (QED) is 0.861. The van der Waals surface area contributed by atoms with Crippen molar-refractivity contribution in [3.63, 3.8) is 0 Å². The number of ether oxygens (including phenoxy) is 1. The number of anilines is 1. The highest BCUT2D eigenvalue weighted by atomic mass is 32.1. The minimum Gasteiger partial charge on any atom is -0.488 e. The van der Waals surface area contributed by atoms with Gasteiger partial charge in [0.05, 0.1) is 6.54 Å². The average Bonchev–Trinajstić information content (AvgIpc) is 3.21. The van der Waals surface area contributed by atoms with Crippen molar-refractivity contribution in [2.45, 2.75) is 25.4 Å². The standard InChI is InChI=1S/C16H18N4O3S/c1-20(9-12-8-11-4-2-3-5-13(11)23-12)15(22)7-6-14(21)18-16-19-17-10-24-16/h2-5,10,12H,6-9H2,1H3,(H,18,19,21). The van der Waals surface area contributed by atoms with E-state index in [9.17, 15) is 9.59 Å². The van der Waals surface area contributed by atoms with E-state index in [4.69, 9.17) is 4.74 Å². The van der Waals surface area contributed by atoms with E-state index in [0.29, 0.717) is 11.7 Å². The van der Waals surface area contributed by atoms with Gasteiger partial charge in [-0.25, -0.2) is 0 Å². The summed E-state index contributed by atoms with van der Waals surface area (Å²) in [6.45, 7) is 0.505. The Kier molecular flexibility index (Phi) is 5.05. The summed E-state index contributed by atoms with van der Waals surface area (Å²) in [6.07, 6.45) is 1.03. The lowest BCUT2D eigenvalue weighted by Gasteiger charge is -2.21. The van der Waals surface area contributed by atoms with E-state index in [1.54, 1.807) is 11.9 Å². The maximum Gasteiger partial charge on any atom is 0.226 e. The van der Waals surface area contributed by atoms with Gasteiger partial charge in [-0.2, -0.15) is 0 Å². The summed E-state index contributed by atoms with van der Waals surface area (Å²) in [5.74, 6) is 0.569. The first kappa shape index (κ1) is 16.4. The van der Waals surface area contributed by atoms with Gasteiger partial charge in [0.1, 0.15) is 17.4 Å². The van der Waals surface area contributed by atoms with Gasteiger partial charge >= 0.3 is 0 Å². The van der Waals surface area contributed by atoms with Crippen molar-refractivity contribution in [1.82, 2.24) is 15.1 Å². The number of amides is 2. The number of aromatic nitrogens is 2. The Bertz CT molecular complexity index is 695. The third-order valence-electron chi connectivity index (χ3n) is 3.79. The lowest BCUT2D eigenvalue weighted by Crippen LogP contribution is -2.36. The van der Waals surface area contributed by atoms with E-state index >= 15 is 0 Å². The Hall–Kier alpha value is -2.48. The van der Waals surface area contributed by atoms with Crippen LogP contribution < -0.4 is 10.1 Å². The van der Waals surface area contributed by atoms with Crippen molar-refractivity contribution in [3.8, 4) is 5.75 Å². The molecule has 1 unspecified atom stereocenters. The maximum absolute atomic E-state index is 12.2. The number of rotatable bonds is 6. The van der Waals surface area contributed by atoms with Crippen LogP contribution in [0.15, 0.2) is 29.8 Å². The molecule has 0 saturated heterocycles. The van der Waals surface area contributed by atoms with Crippen LogP contribution in [0.1, 0.15) is 18.4 Å². The van der Waals surface area contributed by atoms with Crippen molar-refractivity contribution in [2.24, 2.45) is 0 Å². The van der Waals surface area contributed by atoms with Crippen molar-refractivity contribution in [1.29, 1.82) is 0 Å². The minimum atomic E-state index is -0.238. The molecule has 126 valence electrons. The van der Waals surface area contributed by atoms with E-state index in [2.05, 4.69) is 15.5 Å². The van der Waals surface area contributed by atoms with Gasteiger partial charge in [0, 0.05) is 26.3 Å². The molecule has 1 atom stereocenters. The number of fused-ring (bicyclic) bond motifs is 1. The lowest BCUT2D eigenvalue weighted by atomic mass is 10.1. The molecule has 8 heteroatoms. The molecule has 2 heterocycles. The molecule has 0 saturated carbocycles. The third-order valence-corrected chi connectivity index (χ3v) is 4.40. The molecule has 2 amide bonds. The summed E-state index contributed by atoms with van der Waals surface area (Å²) in [5.41, 5.74) is 2.70. The van der Waals surface area contributed by atoms with Gasteiger partial charge < -0.3 is 15.0 Å². The average molecular weight is 346 g/mol. The van der Waals surface area contributed by atoms with E-state index in [0.717, 1.165) is 12.2 Å². The molecule has 2 aromatic rings. The largest absolute Gasteiger partial charge is 0.488 e. The Morgan fingerprint density at radius 3 is 2.96 bits per heavy atom. The van der Waals surface area contributed by atoms with Crippen LogP contribution in [0.5, 0.6) is 5.75 Å². The lowest BCUT2D eigenvalue weighted by molar-refractivity contribution is -0.132. The Morgan fingerprint density at radius 1 is 1.38 bits per heavy atom. The van der Waals surface area contributed by atoms with Crippen molar-refractivity contribution in [2.75, 3.05) is 18.9 Å². The predicted molar refractivity (Wildman–Crippen MR) is 90.0 cm³/mol. The normalized spacial score (nSPS) is 15.5. The molecule has 1 N–H and O–H groups in total. The molecule has 1 aromatic carbocycles. The zero-order valence-corrected chi connectivity index (χ0v) is 14.1. The molecular formula is C16H18N4O3S. The molecule has 0 aliphatic carbocycles. The minimum absolute atomic E-state index is 0.0356. The molecule has 0 fully saturated rings. The Labute approximate surface area is 143 Å². The van der Waals surface area contributed by atoms with E-state index in [-0.39, 0.29) is 30.8 Å². The summed E-state index contributed by atoms with van der Waals surface area (Å²) in [5, 5.41) is 10.4. The van der Waals surface area contributed by atoms with Crippen LogP contribution in [0, 0.1) is 0 Å². The fourth-order valence-corrected chi connectivity index (χ4v) is 3.04. The first-order valence-corrected chi connectivity index (χ1v) is 8.54. The molecule has 7 nitrogen and oxygen atoms in total. The summed E-state index contributed by atoms with van der Waals surface area (Å²) in [4.78, 5) is 25.6. The van der Waals surface area contributed by atoms with Gasteiger partial charge in [0.25, 0.3) is 0 Å². The van der Waals surface area contributed by atoms with Crippen LogP contribution in [0.2, 0.25) is 0 Å². The van der Waals surface area contributed by atoms with Gasteiger partial charge in [-0.15, -0.1) is 10.2 Å². The number of carbonyl (C=O) groups excluding carboxylic acids is 2. The first-order chi connectivity index (χ1) is 11.6. The monoisotopic (exact) mass is 346 g/mol. The molecule has 3 rings (SSSR count). The number of benzene rings is 1. The Balaban J connectivity index is 1.41. The second kappa shape index (κ2) is 7.39. The van der Waals surface area contributed by atoms with E-state index in [1.807, 2.05) is 24.3 Å². The second-order valence-corrected chi connectivity index (χ2v) is 6.45. The summed E-state index contributed by atoms with van der Waals surface area (Å²) >= 11 is 1.24. The van der Waals surface area contributed by atoms with E-state index in [1.165, 1.54) is 22.4 Å². The van der Waals surface area contributed by atoms with Crippen molar-refractivity contribution < 1.29 is 14.3 Å². The van der Waals surface area contributed by atoms with Crippen LogP contribution >= 0.6 is 11.3 Å². The summed E-state index contributed by atoms with van der Waals surface area (Å²) < 4.78 is 5.84. The van der Waals surface area contributed by atoms with Crippen LogP contribution in [-0.2, 0) is 16.0 Å². The first-order valence-electron chi connectivity index (χ1n) is 7.66. The number of likely N-dealkylation sites (N-methyl/N-ethyl adjacent to an activating group) is 1. The van der Waals surface area contributed by atoms with Gasteiger partial charge in [0.15, 0.2) is 0 Å². The van der Waals surface area contributed by atoms with Gasteiger partial charge in [-0.1, -0.05) is 29.5 Å². The molecule has 1 aromatic heterocycles. The van der Waals surface area contributed by atoms with Gasteiger partial charge in [-0.05, 0) is 11.6 Å². The van der Waals surface area contributed by atoms with E-state index < -0.39 is 0 Å². The van der Waals surface area contributed by atoms with Crippen LogP contribution in [0.25, 0.3) is 0 Å². The number of nitrogens with zero attached hydrogens (tertiary/aromatic N) is 3. The number of para-hydroxylation sites is 1. The van der Waals surface area contributed by atoms with Crippen molar-refractivity contribution in [3.05, 3.63) is 35.3 Å². The Morgan fingerprint density at radius 2 is 2.21 bits per heavy atom. The number of hydrogen-bond acceptors (Lipinski definition) is 6. The highest BCUT2D eigenvalue weighted by molar-refractivity contribution is 7.13. The predicted octanol–water partition coefficient (Wildman–Crippen LogP) is 1.72. The van der Waals surface area contributed by atoms with Crippen LogP contribution in [0.3, 0.4) is 0 Å². The smallest absolute Gasteiger partial charge is 0.226 e. The van der Waals surface area contributed by atoms with Crippen LogP contribution in [-0.4, -0.2) is 46.6 Å². The fourth-order valence-electron chi connectivity index (χ4n) is 2.58. The fraction of sp³-hybridized carbons (Fsp3) is 0.375. The SMILES string of the molecule is CN(CC1Cc2ccccc2O1)C(=O)CCC(=O)Nc1nncs1. The molecule has 24 heavy (non-hydrogen) atoms. The maximum atomic E-state index is 12.2. The molecule has 1 aliphatic heterocycles. The summed E-state index contributed by atoms with van der Waals surface area (Å²) in [7, 11) is 1.73. The highest BCUT2D eigenvalue weighted by Gasteiger charge is 2.25. The number of carbonyl (C=O) groups is 2. The zero-order chi connectivity index (χ0) is 16.9. The molecule has 0 spiro atoms. The molecule has 0 bridgehead atoms. The van der Waals surface area contributed by atoms with Crippen molar-refractivity contribution >= 4 is 28.3 Å². The van der Waals surface area contributed by atoms with Gasteiger partial charge in [0.2, 0.25) is 16.9 Å².